The van der Waals surface area contributed by atoms with Crippen LogP contribution in [0.25, 0.3) is 0 Å². The molecular formula is C41H39NO9. The maximum Gasteiger partial charge on any atom is 0.340 e. The number of hydrogen-bond acceptors (Lipinski definition) is 9. The third-order valence-corrected chi connectivity index (χ3v) is 8.38. The first kappa shape index (κ1) is 35.6. The fraction of sp³-hybridized carbons (Fsp3) is 0.244. The zero-order valence-corrected chi connectivity index (χ0v) is 27.9. The average Bonchev–Trinajstić information content (AvgIpc) is 3.18. The molecule has 0 amide bonds. The Kier molecular flexibility index (Phi) is 12.7. The first-order valence-corrected chi connectivity index (χ1v) is 16.7. The fourth-order valence-electron chi connectivity index (χ4n) is 5.73. The zero-order valence-electron chi connectivity index (χ0n) is 27.9. The van der Waals surface area contributed by atoms with E-state index in [1.54, 1.807) is 0 Å². The normalized spacial score (nSPS) is 20.0. The van der Waals surface area contributed by atoms with E-state index in [-0.39, 0.29) is 37.7 Å². The lowest BCUT2D eigenvalue weighted by molar-refractivity contribution is -0.384. The van der Waals surface area contributed by atoms with E-state index in [1.165, 1.54) is 24.3 Å². The SMILES string of the molecule is O=C(O[C@@H]1O[C@H](COCc2ccccc2)[C@@H](OCc2ccccc2)[C@H](OCc2ccccc2)[C@@H]1OCc1ccccc1)c1ccc([N+](=O)[O-])cc1. The van der Waals surface area contributed by atoms with Crippen molar-refractivity contribution in [2.45, 2.75) is 57.1 Å². The molecule has 5 atom stereocenters. The molecule has 0 aromatic heterocycles. The summed E-state index contributed by atoms with van der Waals surface area (Å²) in [6, 6.07) is 44.1. The highest BCUT2D eigenvalue weighted by Gasteiger charge is 2.50. The summed E-state index contributed by atoms with van der Waals surface area (Å²) in [7, 11) is 0. The van der Waals surface area contributed by atoms with Crippen LogP contribution in [-0.2, 0) is 54.8 Å². The summed E-state index contributed by atoms with van der Waals surface area (Å²) in [5, 5.41) is 11.2. The van der Waals surface area contributed by atoms with Crippen LogP contribution in [-0.4, -0.2) is 48.2 Å². The molecule has 6 rings (SSSR count). The molecule has 1 aliphatic heterocycles. The Bertz CT molecular complexity index is 1790. The number of carbonyl (C=O) groups is 1. The van der Waals surface area contributed by atoms with E-state index in [1.807, 2.05) is 121 Å². The van der Waals surface area contributed by atoms with E-state index >= 15 is 0 Å². The number of nitrogens with zero attached hydrogens (tertiary/aromatic N) is 1. The molecule has 1 saturated heterocycles. The van der Waals surface area contributed by atoms with E-state index in [9.17, 15) is 14.9 Å². The fourth-order valence-corrected chi connectivity index (χ4v) is 5.73. The van der Waals surface area contributed by atoms with Crippen LogP contribution in [0.1, 0.15) is 32.6 Å². The molecule has 1 aliphatic rings. The standard InChI is InChI=1S/C41H39NO9/c43-40(34-21-23-35(24-22-34)42(44)45)51-41-39(49-28-33-19-11-4-12-20-33)38(48-27-32-17-9-3-10-18-32)37(47-26-31-15-7-2-8-16-31)36(50-41)29-46-25-30-13-5-1-6-14-30/h1-24,36-39,41H,25-29H2/t36-,37-,38+,39+,41+/m1/s1. The predicted molar refractivity (Wildman–Crippen MR) is 188 cm³/mol. The van der Waals surface area contributed by atoms with Crippen molar-refractivity contribution in [2.24, 2.45) is 0 Å². The number of benzene rings is 5. The van der Waals surface area contributed by atoms with Crippen molar-refractivity contribution in [1.82, 2.24) is 0 Å². The predicted octanol–water partition coefficient (Wildman–Crippen LogP) is 7.45. The van der Waals surface area contributed by atoms with Gasteiger partial charge in [-0.3, -0.25) is 10.1 Å². The highest BCUT2D eigenvalue weighted by atomic mass is 16.7. The molecular weight excluding hydrogens is 650 g/mol. The summed E-state index contributed by atoms with van der Waals surface area (Å²) < 4.78 is 38.6. The van der Waals surface area contributed by atoms with Crippen LogP contribution in [0.2, 0.25) is 0 Å². The first-order chi connectivity index (χ1) is 25.0. The van der Waals surface area contributed by atoms with Gasteiger partial charge in [-0.05, 0) is 34.4 Å². The second-order valence-corrected chi connectivity index (χ2v) is 12.0. The van der Waals surface area contributed by atoms with Gasteiger partial charge in [0, 0.05) is 12.1 Å². The Morgan fingerprint density at radius 1 is 0.569 bits per heavy atom. The molecule has 1 heterocycles. The summed E-state index contributed by atoms with van der Waals surface area (Å²) >= 11 is 0. The van der Waals surface area contributed by atoms with Crippen molar-refractivity contribution in [3.63, 3.8) is 0 Å². The second-order valence-electron chi connectivity index (χ2n) is 12.0. The van der Waals surface area contributed by atoms with Gasteiger partial charge in [-0.15, -0.1) is 0 Å². The van der Waals surface area contributed by atoms with Gasteiger partial charge >= 0.3 is 5.97 Å². The number of nitro benzene ring substituents is 1. The van der Waals surface area contributed by atoms with Crippen molar-refractivity contribution < 1.29 is 38.1 Å². The monoisotopic (exact) mass is 689 g/mol. The molecule has 0 saturated carbocycles. The molecule has 5 aromatic rings. The van der Waals surface area contributed by atoms with Crippen molar-refractivity contribution in [1.29, 1.82) is 0 Å². The smallest absolute Gasteiger partial charge is 0.340 e. The van der Waals surface area contributed by atoms with E-state index in [2.05, 4.69) is 0 Å². The number of hydrogen-bond donors (Lipinski definition) is 0. The molecule has 262 valence electrons. The quantitative estimate of drug-likeness (QED) is 0.0592. The van der Waals surface area contributed by atoms with Crippen LogP contribution in [0.3, 0.4) is 0 Å². The highest BCUT2D eigenvalue weighted by Crippen LogP contribution is 2.32. The number of nitro groups is 1. The molecule has 1 fully saturated rings. The zero-order chi connectivity index (χ0) is 35.3. The van der Waals surface area contributed by atoms with E-state index in [4.69, 9.17) is 28.4 Å². The molecule has 0 spiro atoms. The van der Waals surface area contributed by atoms with Gasteiger partial charge < -0.3 is 28.4 Å². The number of carbonyl (C=O) groups excluding carboxylic acids is 1. The Labute approximate surface area is 296 Å². The molecule has 10 nitrogen and oxygen atoms in total. The molecule has 0 bridgehead atoms. The van der Waals surface area contributed by atoms with Gasteiger partial charge in [0.05, 0.1) is 43.5 Å². The number of rotatable bonds is 16. The Morgan fingerprint density at radius 2 is 1.00 bits per heavy atom. The van der Waals surface area contributed by atoms with Crippen molar-refractivity contribution in [3.8, 4) is 0 Å². The second kappa shape index (κ2) is 18.1. The van der Waals surface area contributed by atoms with Crippen LogP contribution in [0.5, 0.6) is 0 Å². The third-order valence-electron chi connectivity index (χ3n) is 8.38. The van der Waals surface area contributed by atoms with Crippen LogP contribution in [0, 0.1) is 10.1 Å². The van der Waals surface area contributed by atoms with Crippen molar-refractivity contribution in [3.05, 3.63) is 184 Å². The maximum atomic E-state index is 13.6. The van der Waals surface area contributed by atoms with Crippen LogP contribution in [0.15, 0.2) is 146 Å². The summed E-state index contributed by atoms with van der Waals surface area (Å²) in [4.78, 5) is 24.3. The molecule has 0 N–H and O–H groups in total. The lowest BCUT2D eigenvalue weighted by Crippen LogP contribution is -2.62. The van der Waals surface area contributed by atoms with Gasteiger partial charge in [-0.1, -0.05) is 121 Å². The lowest BCUT2D eigenvalue weighted by Gasteiger charge is -2.45. The van der Waals surface area contributed by atoms with Crippen LogP contribution >= 0.6 is 0 Å². The largest absolute Gasteiger partial charge is 0.429 e. The maximum absolute atomic E-state index is 13.6. The number of esters is 1. The van der Waals surface area contributed by atoms with Crippen LogP contribution < -0.4 is 0 Å². The summed E-state index contributed by atoms with van der Waals surface area (Å²) in [6.07, 6.45) is -4.43. The van der Waals surface area contributed by atoms with E-state index in [0.29, 0.717) is 6.61 Å². The molecule has 51 heavy (non-hydrogen) atoms. The summed E-state index contributed by atoms with van der Waals surface area (Å²) in [5.41, 5.74) is 3.74. The lowest BCUT2D eigenvalue weighted by atomic mass is 9.97. The minimum absolute atomic E-state index is 0.0938. The number of non-ortho nitro benzene ring substituents is 1. The van der Waals surface area contributed by atoms with Gasteiger partial charge in [0.2, 0.25) is 6.29 Å². The van der Waals surface area contributed by atoms with Crippen molar-refractivity contribution in [2.75, 3.05) is 6.61 Å². The summed E-state index contributed by atoms with van der Waals surface area (Å²) in [5.74, 6) is -0.738. The Hall–Kier alpha value is -5.23. The Balaban J connectivity index is 1.32. The van der Waals surface area contributed by atoms with Crippen LogP contribution in [0.4, 0.5) is 5.69 Å². The number of ether oxygens (including phenoxy) is 6. The third kappa shape index (κ3) is 10.2. The minimum atomic E-state index is -1.25. The first-order valence-electron chi connectivity index (χ1n) is 16.7. The highest BCUT2D eigenvalue weighted by molar-refractivity contribution is 5.89. The van der Waals surface area contributed by atoms with Gasteiger partial charge in [-0.2, -0.15) is 0 Å². The molecule has 0 unspecified atom stereocenters. The van der Waals surface area contributed by atoms with Gasteiger partial charge in [0.1, 0.15) is 24.4 Å². The van der Waals surface area contributed by atoms with Gasteiger partial charge in [0.25, 0.3) is 5.69 Å². The van der Waals surface area contributed by atoms with Crippen molar-refractivity contribution >= 4 is 11.7 Å². The topological polar surface area (TPSA) is 116 Å². The Morgan fingerprint density at radius 3 is 1.47 bits per heavy atom. The van der Waals surface area contributed by atoms with E-state index in [0.717, 1.165) is 22.3 Å². The molecule has 0 radical (unpaired) electrons. The summed E-state index contributed by atoms with van der Waals surface area (Å²) in [6.45, 7) is 1.07. The molecule has 10 heteroatoms. The van der Waals surface area contributed by atoms with Gasteiger partial charge in [-0.25, -0.2) is 4.79 Å². The van der Waals surface area contributed by atoms with Gasteiger partial charge in [0.15, 0.2) is 0 Å². The minimum Gasteiger partial charge on any atom is -0.429 e. The molecule has 0 aliphatic carbocycles. The average molecular weight is 690 g/mol. The molecule has 5 aromatic carbocycles. The van der Waals surface area contributed by atoms with E-state index < -0.39 is 41.6 Å².